The number of carbonyl (C=O) groups excluding carboxylic acids is 1. The van der Waals surface area contributed by atoms with Gasteiger partial charge in [0.1, 0.15) is 11.6 Å². The molecule has 1 saturated heterocycles. The van der Waals surface area contributed by atoms with Gasteiger partial charge in [-0.25, -0.2) is 9.78 Å². The summed E-state index contributed by atoms with van der Waals surface area (Å²) in [5.74, 6) is 1.16. The number of anilines is 1. The quantitative estimate of drug-likeness (QED) is 0.176. The smallest absolute Gasteiger partial charge is 0.339 e. The van der Waals surface area contributed by atoms with Gasteiger partial charge in [-0.3, -0.25) is 0 Å². The second-order valence-corrected chi connectivity index (χ2v) is 13.3. The number of methoxy groups -OCH3 is 1. The number of piperidine rings is 1. The van der Waals surface area contributed by atoms with Gasteiger partial charge in [0.15, 0.2) is 11.8 Å². The molecule has 1 atom stereocenters. The van der Waals surface area contributed by atoms with Gasteiger partial charge in [-0.2, -0.15) is 9.61 Å². The molecule has 9 nitrogen and oxygen atoms in total. The first kappa shape index (κ1) is 31.8. The molecule has 3 aliphatic heterocycles. The Morgan fingerprint density at radius 3 is 2.54 bits per heavy atom. The molecule has 2 aromatic carbocycles. The lowest BCUT2D eigenvalue weighted by molar-refractivity contribution is -0.164. The van der Waals surface area contributed by atoms with E-state index in [1.807, 2.05) is 62.5 Å². The van der Waals surface area contributed by atoms with E-state index < -0.39 is 17.7 Å². The fraction of sp³-hybridized carbons (Fsp3) is 0.432. The van der Waals surface area contributed by atoms with Gasteiger partial charge >= 0.3 is 5.97 Å². The monoisotopic (exact) mass is 624 g/mol. The number of ether oxygens (including phenoxy) is 4. The zero-order valence-electron chi connectivity index (χ0n) is 27.7. The van der Waals surface area contributed by atoms with Crippen LogP contribution in [0.1, 0.15) is 64.3 Å². The summed E-state index contributed by atoms with van der Waals surface area (Å²) in [5, 5.41) is 5.15. The SMILES string of the molecule is COC(=O)[C@@H](OC(C)(C)C)c1c(C)nc2cc3nn2c1N1CCC(C)(CC1)OCC=CCCOc1ccccc1-c1cccc-3c1. The summed E-state index contributed by atoms with van der Waals surface area (Å²) in [6.45, 7) is 12.4. The largest absolute Gasteiger partial charge is 0.493 e. The molecule has 1 fully saturated rings. The van der Waals surface area contributed by atoms with Crippen molar-refractivity contribution in [1.29, 1.82) is 0 Å². The minimum Gasteiger partial charge on any atom is -0.493 e. The van der Waals surface area contributed by atoms with Gasteiger partial charge in [0.05, 0.1) is 42.8 Å². The molecule has 3 aliphatic rings. The minimum absolute atomic E-state index is 0.280. The number of carbonyl (C=O) groups is 1. The van der Waals surface area contributed by atoms with Gasteiger partial charge in [-0.15, -0.1) is 0 Å². The Bertz CT molecular complexity index is 1750. The van der Waals surface area contributed by atoms with Crippen molar-refractivity contribution in [3.8, 4) is 28.1 Å². The number of rotatable bonds is 3. The Balaban J connectivity index is 1.54. The highest BCUT2D eigenvalue weighted by atomic mass is 16.6. The molecule has 0 N–H and O–H groups in total. The third-order valence-electron chi connectivity index (χ3n) is 8.67. The Morgan fingerprint density at radius 2 is 1.78 bits per heavy atom. The summed E-state index contributed by atoms with van der Waals surface area (Å²) in [6.07, 6.45) is 5.63. The Morgan fingerprint density at radius 1 is 1.02 bits per heavy atom. The Labute approximate surface area is 271 Å². The molecule has 7 rings (SSSR count). The normalized spacial score (nSPS) is 17.4. The predicted octanol–water partition coefficient (Wildman–Crippen LogP) is 7.12. The number of esters is 1. The van der Waals surface area contributed by atoms with Crippen molar-refractivity contribution in [3.63, 3.8) is 0 Å². The van der Waals surface area contributed by atoms with E-state index in [0.717, 1.165) is 53.2 Å². The summed E-state index contributed by atoms with van der Waals surface area (Å²) in [6, 6.07) is 18.4. The van der Waals surface area contributed by atoms with Crippen LogP contribution in [0.25, 0.3) is 28.0 Å². The van der Waals surface area contributed by atoms with Crippen LogP contribution in [0.15, 0.2) is 66.7 Å². The molecule has 6 bridgehead atoms. The van der Waals surface area contributed by atoms with Crippen LogP contribution < -0.4 is 9.64 Å². The van der Waals surface area contributed by atoms with Gasteiger partial charge in [0.25, 0.3) is 0 Å². The van der Waals surface area contributed by atoms with Crippen molar-refractivity contribution >= 4 is 17.4 Å². The minimum atomic E-state index is -0.982. The van der Waals surface area contributed by atoms with E-state index in [0.29, 0.717) is 43.2 Å². The van der Waals surface area contributed by atoms with Crippen LogP contribution in [0.2, 0.25) is 0 Å². The summed E-state index contributed by atoms with van der Waals surface area (Å²) in [7, 11) is 1.39. The van der Waals surface area contributed by atoms with E-state index in [-0.39, 0.29) is 5.60 Å². The average molecular weight is 625 g/mol. The maximum Gasteiger partial charge on any atom is 0.339 e. The lowest BCUT2D eigenvalue weighted by atomic mass is 9.92. The number of benzene rings is 2. The van der Waals surface area contributed by atoms with Crippen LogP contribution >= 0.6 is 0 Å². The molecule has 0 radical (unpaired) electrons. The van der Waals surface area contributed by atoms with Crippen molar-refractivity contribution in [2.75, 3.05) is 38.3 Å². The molecule has 242 valence electrons. The van der Waals surface area contributed by atoms with Crippen LogP contribution in [0.3, 0.4) is 0 Å². The number of fused-ring (bicyclic) bond motifs is 7. The standard InChI is InChI=1S/C37H44N4O5/c1-25-32(33(35(42)43-6)46-36(2,3)4)34-40-19-17-37(5,18-20-40)45-22-11-7-10-21-44-30-16-9-8-15-28(30)26-13-12-14-27(23-26)29-24-31(38-25)41(34)39-29/h7-9,11-16,23-24,33H,10,17-22H2,1-6H3/t33-/m0/s1. The lowest BCUT2D eigenvalue weighted by Gasteiger charge is -2.41. The summed E-state index contributed by atoms with van der Waals surface area (Å²) in [5.41, 5.74) is 4.95. The molecule has 0 amide bonds. The molecule has 0 aliphatic carbocycles. The first-order valence-corrected chi connectivity index (χ1v) is 16.1. The topological polar surface area (TPSA) is 87.4 Å². The highest BCUT2D eigenvalue weighted by Crippen LogP contribution is 2.39. The fourth-order valence-corrected chi connectivity index (χ4v) is 6.24. The van der Waals surface area contributed by atoms with Crippen molar-refractivity contribution in [2.45, 2.75) is 71.2 Å². The molecule has 9 heteroatoms. The number of para-hydroxylation sites is 1. The average Bonchev–Trinajstić information content (AvgIpc) is 3.46. The van der Waals surface area contributed by atoms with E-state index in [1.54, 1.807) is 0 Å². The van der Waals surface area contributed by atoms with Gasteiger partial charge in [-0.1, -0.05) is 48.6 Å². The van der Waals surface area contributed by atoms with Gasteiger partial charge in [-0.05, 0) is 71.6 Å². The molecule has 2 aromatic heterocycles. The van der Waals surface area contributed by atoms with E-state index in [2.05, 4.69) is 48.2 Å². The highest BCUT2D eigenvalue weighted by Gasteiger charge is 2.38. The van der Waals surface area contributed by atoms with Crippen LogP contribution in [-0.4, -0.2) is 65.2 Å². The number of hydrogen-bond acceptors (Lipinski definition) is 8. The third kappa shape index (κ3) is 6.66. The van der Waals surface area contributed by atoms with E-state index in [4.69, 9.17) is 29.0 Å². The second kappa shape index (κ2) is 12.9. The zero-order chi connectivity index (χ0) is 32.5. The van der Waals surface area contributed by atoms with Gasteiger partial charge < -0.3 is 23.8 Å². The van der Waals surface area contributed by atoms with Crippen molar-refractivity contribution in [1.82, 2.24) is 14.6 Å². The summed E-state index contributed by atoms with van der Waals surface area (Å²) >= 11 is 0. The number of aromatic nitrogens is 3. The van der Waals surface area contributed by atoms with Crippen molar-refractivity contribution in [3.05, 3.63) is 78.0 Å². The first-order chi connectivity index (χ1) is 22.0. The zero-order valence-corrected chi connectivity index (χ0v) is 27.7. The van der Waals surface area contributed by atoms with Crippen LogP contribution in [-0.2, 0) is 19.0 Å². The Hall–Kier alpha value is -4.21. The summed E-state index contributed by atoms with van der Waals surface area (Å²) in [4.78, 5) is 20.6. The van der Waals surface area contributed by atoms with Crippen LogP contribution in [0.5, 0.6) is 5.75 Å². The van der Waals surface area contributed by atoms with Crippen molar-refractivity contribution < 1.29 is 23.7 Å². The van der Waals surface area contributed by atoms with Crippen LogP contribution in [0.4, 0.5) is 5.82 Å². The van der Waals surface area contributed by atoms with E-state index >= 15 is 0 Å². The molecule has 4 aromatic rings. The van der Waals surface area contributed by atoms with Crippen LogP contribution in [0, 0.1) is 6.92 Å². The lowest BCUT2D eigenvalue weighted by Crippen LogP contribution is -2.45. The van der Waals surface area contributed by atoms with Crippen molar-refractivity contribution in [2.24, 2.45) is 0 Å². The maximum absolute atomic E-state index is 13.4. The van der Waals surface area contributed by atoms with E-state index in [9.17, 15) is 4.79 Å². The highest BCUT2D eigenvalue weighted by molar-refractivity contribution is 5.81. The molecular weight excluding hydrogens is 580 g/mol. The van der Waals surface area contributed by atoms with Gasteiger partial charge in [0.2, 0.25) is 0 Å². The second-order valence-electron chi connectivity index (χ2n) is 13.3. The fourth-order valence-electron chi connectivity index (χ4n) is 6.24. The Kier molecular flexibility index (Phi) is 8.90. The molecule has 0 saturated carbocycles. The molecule has 46 heavy (non-hydrogen) atoms. The maximum atomic E-state index is 13.4. The molecule has 0 unspecified atom stereocenters. The number of aryl methyl sites for hydroxylation is 1. The van der Waals surface area contributed by atoms with E-state index in [1.165, 1.54) is 7.11 Å². The molecule has 0 spiro atoms. The summed E-state index contributed by atoms with van der Waals surface area (Å²) < 4.78 is 26.2. The number of hydrogen-bond donors (Lipinski definition) is 0. The van der Waals surface area contributed by atoms with Gasteiger partial charge in [0, 0.05) is 36.0 Å². The molecule has 5 heterocycles. The first-order valence-electron chi connectivity index (χ1n) is 16.1. The predicted molar refractivity (Wildman–Crippen MR) is 179 cm³/mol. The third-order valence-corrected chi connectivity index (χ3v) is 8.67. The number of nitrogens with zero attached hydrogens (tertiary/aromatic N) is 4. The molecular formula is C37H44N4O5.